The Labute approximate surface area is 95.1 Å². The second-order valence-corrected chi connectivity index (χ2v) is 5.88. The number of aryl methyl sites for hydroxylation is 1. The third-order valence-electron chi connectivity index (χ3n) is 3.22. The standard InChI is InChI=1S/C12H19NOS/c1-8(2)11-7-9-10(15-11)3-4-12(9,14)5-6-13/h7-8,14H,3-6,13H2,1-2H3. The van der Waals surface area contributed by atoms with Gasteiger partial charge in [0.25, 0.3) is 0 Å². The zero-order valence-electron chi connectivity index (χ0n) is 9.42. The highest BCUT2D eigenvalue weighted by molar-refractivity contribution is 7.12. The maximum Gasteiger partial charge on any atom is 0.0922 e. The lowest BCUT2D eigenvalue weighted by atomic mass is 9.93. The van der Waals surface area contributed by atoms with Crippen molar-refractivity contribution in [2.24, 2.45) is 5.73 Å². The Hall–Kier alpha value is -0.380. The summed E-state index contributed by atoms with van der Waals surface area (Å²) in [5.41, 5.74) is 6.08. The normalized spacial score (nSPS) is 24.9. The topological polar surface area (TPSA) is 46.2 Å². The minimum Gasteiger partial charge on any atom is -0.385 e. The van der Waals surface area contributed by atoms with Crippen LogP contribution in [0.4, 0.5) is 0 Å². The summed E-state index contributed by atoms with van der Waals surface area (Å²) in [4.78, 5) is 2.75. The summed E-state index contributed by atoms with van der Waals surface area (Å²) in [6.07, 6.45) is 2.56. The van der Waals surface area contributed by atoms with Crippen LogP contribution in [0.3, 0.4) is 0 Å². The van der Waals surface area contributed by atoms with E-state index in [1.165, 1.54) is 9.75 Å². The van der Waals surface area contributed by atoms with E-state index in [0.717, 1.165) is 18.4 Å². The number of rotatable bonds is 3. The van der Waals surface area contributed by atoms with Gasteiger partial charge in [-0.3, -0.25) is 0 Å². The molecular weight excluding hydrogens is 206 g/mol. The van der Waals surface area contributed by atoms with E-state index in [2.05, 4.69) is 19.9 Å². The molecule has 1 aliphatic rings. The monoisotopic (exact) mass is 225 g/mol. The summed E-state index contributed by atoms with van der Waals surface area (Å²) in [7, 11) is 0. The third-order valence-corrected chi connectivity index (χ3v) is 4.72. The van der Waals surface area contributed by atoms with Crippen molar-refractivity contribution < 1.29 is 5.11 Å². The molecule has 2 nitrogen and oxygen atoms in total. The van der Waals surface area contributed by atoms with Gasteiger partial charge in [-0.2, -0.15) is 0 Å². The Morgan fingerprint density at radius 2 is 2.33 bits per heavy atom. The summed E-state index contributed by atoms with van der Waals surface area (Å²) >= 11 is 1.86. The van der Waals surface area contributed by atoms with E-state index in [-0.39, 0.29) is 0 Å². The minimum absolute atomic E-state index is 0.558. The van der Waals surface area contributed by atoms with Gasteiger partial charge in [0.1, 0.15) is 0 Å². The number of hydrogen-bond acceptors (Lipinski definition) is 3. The lowest BCUT2D eigenvalue weighted by Crippen LogP contribution is -2.25. The molecule has 84 valence electrons. The van der Waals surface area contributed by atoms with E-state index in [1.807, 2.05) is 11.3 Å². The molecule has 1 aromatic heterocycles. The Balaban J connectivity index is 2.33. The fourth-order valence-electron chi connectivity index (χ4n) is 2.27. The zero-order chi connectivity index (χ0) is 11.1. The van der Waals surface area contributed by atoms with E-state index in [0.29, 0.717) is 18.9 Å². The average Bonchev–Trinajstić information content (AvgIpc) is 2.69. The number of thiophene rings is 1. The van der Waals surface area contributed by atoms with Gasteiger partial charge in [0.05, 0.1) is 5.60 Å². The maximum atomic E-state index is 10.5. The van der Waals surface area contributed by atoms with Gasteiger partial charge in [-0.05, 0) is 43.4 Å². The lowest BCUT2D eigenvalue weighted by Gasteiger charge is -2.22. The molecule has 0 amide bonds. The summed E-state index contributed by atoms with van der Waals surface area (Å²) in [6, 6.07) is 2.19. The summed E-state index contributed by atoms with van der Waals surface area (Å²) < 4.78 is 0. The fraction of sp³-hybridized carbons (Fsp3) is 0.667. The predicted octanol–water partition coefficient (Wildman–Crippen LogP) is 2.35. The van der Waals surface area contributed by atoms with Crippen LogP contribution in [0, 0.1) is 0 Å². The molecule has 1 heterocycles. The Kier molecular flexibility index (Phi) is 2.88. The molecular formula is C12H19NOS. The highest BCUT2D eigenvalue weighted by Crippen LogP contribution is 2.44. The van der Waals surface area contributed by atoms with Crippen molar-refractivity contribution in [3.63, 3.8) is 0 Å². The first-order chi connectivity index (χ1) is 7.07. The van der Waals surface area contributed by atoms with E-state index >= 15 is 0 Å². The molecule has 15 heavy (non-hydrogen) atoms. The largest absolute Gasteiger partial charge is 0.385 e. The summed E-state index contributed by atoms with van der Waals surface area (Å²) in [6.45, 7) is 4.95. The highest BCUT2D eigenvalue weighted by Gasteiger charge is 2.37. The van der Waals surface area contributed by atoms with Gasteiger partial charge in [-0.1, -0.05) is 13.8 Å². The molecule has 2 rings (SSSR count). The molecule has 1 aliphatic carbocycles. The molecule has 1 aromatic rings. The number of fused-ring (bicyclic) bond motifs is 1. The van der Waals surface area contributed by atoms with Gasteiger partial charge in [0, 0.05) is 9.75 Å². The van der Waals surface area contributed by atoms with Gasteiger partial charge in [0.2, 0.25) is 0 Å². The molecule has 1 unspecified atom stereocenters. The molecule has 0 saturated carbocycles. The Morgan fingerprint density at radius 3 is 2.93 bits per heavy atom. The van der Waals surface area contributed by atoms with E-state index in [4.69, 9.17) is 5.73 Å². The summed E-state index contributed by atoms with van der Waals surface area (Å²) in [5.74, 6) is 0.558. The van der Waals surface area contributed by atoms with Crippen molar-refractivity contribution in [2.45, 2.75) is 44.6 Å². The average molecular weight is 225 g/mol. The molecule has 0 spiro atoms. The molecule has 0 aliphatic heterocycles. The Morgan fingerprint density at radius 1 is 1.60 bits per heavy atom. The molecule has 0 aromatic carbocycles. The zero-order valence-corrected chi connectivity index (χ0v) is 10.2. The van der Waals surface area contributed by atoms with Crippen molar-refractivity contribution in [3.8, 4) is 0 Å². The third kappa shape index (κ3) is 1.84. The van der Waals surface area contributed by atoms with Gasteiger partial charge in [-0.15, -0.1) is 11.3 Å². The van der Waals surface area contributed by atoms with Crippen LogP contribution >= 0.6 is 11.3 Å². The van der Waals surface area contributed by atoms with Crippen LogP contribution in [-0.4, -0.2) is 11.7 Å². The highest BCUT2D eigenvalue weighted by atomic mass is 32.1. The van der Waals surface area contributed by atoms with Crippen molar-refractivity contribution in [3.05, 3.63) is 21.4 Å². The molecule has 0 fully saturated rings. The fourth-order valence-corrected chi connectivity index (χ4v) is 3.53. The first-order valence-corrected chi connectivity index (χ1v) is 6.44. The molecule has 3 N–H and O–H groups in total. The van der Waals surface area contributed by atoms with Gasteiger partial charge < -0.3 is 10.8 Å². The van der Waals surface area contributed by atoms with Crippen LogP contribution in [0.15, 0.2) is 6.07 Å². The lowest BCUT2D eigenvalue weighted by molar-refractivity contribution is 0.0320. The van der Waals surface area contributed by atoms with Gasteiger partial charge in [0.15, 0.2) is 0 Å². The molecule has 0 bridgehead atoms. The van der Waals surface area contributed by atoms with E-state index < -0.39 is 5.60 Å². The van der Waals surface area contributed by atoms with Crippen LogP contribution in [-0.2, 0) is 12.0 Å². The first kappa shape index (κ1) is 11.1. The second-order valence-electron chi connectivity index (χ2n) is 4.71. The predicted molar refractivity (Wildman–Crippen MR) is 64.3 cm³/mol. The SMILES string of the molecule is CC(C)c1cc2c(s1)CCC2(O)CCN. The smallest absolute Gasteiger partial charge is 0.0922 e. The van der Waals surface area contributed by atoms with Crippen LogP contribution in [0.25, 0.3) is 0 Å². The summed E-state index contributed by atoms with van der Waals surface area (Å²) in [5, 5.41) is 10.5. The molecule has 1 atom stereocenters. The molecule has 3 heteroatoms. The van der Waals surface area contributed by atoms with Crippen LogP contribution in [0.1, 0.15) is 47.9 Å². The van der Waals surface area contributed by atoms with Crippen molar-refractivity contribution in [1.29, 1.82) is 0 Å². The minimum atomic E-state index is -0.631. The second kappa shape index (κ2) is 3.89. The van der Waals surface area contributed by atoms with E-state index in [9.17, 15) is 5.11 Å². The van der Waals surface area contributed by atoms with Crippen molar-refractivity contribution in [1.82, 2.24) is 0 Å². The van der Waals surface area contributed by atoms with Crippen LogP contribution < -0.4 is 5.73 Å². The Bertz CT molecular complexity index is 359. The number of nitrogens with two attached hydrogens (primary N) is 1. The molecule has 0 saturated heterocycles. The van der Waals surface area contributed by atoms with Crippen molar-refractivity contribution in [2.75, 3.05) is 6.54 Å². The number of hydrogen-bond donors (Lipinski definition) is 2. The first-order valence-electron chi connectivity index (χ1n) is 5.62. The van der Waals surface area contributed by atoms with Crippen molar-refractivity contribution >= 4 is 11.3 Å². The number of aliphatic hydroxyl groups is 1. The van der Waals surface area contributed by atoms with Gasteiger partial charge in [-0.25, -0.2) is 0 Å². The quantitative estimate of drug-likeness (QED) is 0.829. The van der Waals surface area contributed by atoms with E-state index in [1.54, 1.807) is 0 Å². The van der Waals surface area contributed by atoms with Crippen LogP contribution in [0.2, 0.25) is 0 Å². The van der Waals surface area contributed by atoms with Gasteiger partial charge >= 0.3 is 0 Å². The maximum absolute atomic E-state index is 10.5. The molecule has 0 radical (unpaired) electrons. The van der Waals surface area contributed by atoms with Crippen LogP contribution in [0.5, 0.6) is 0 Å².